The molecule has 2 fully saturated rings. The number of carbonyl (C=O) groups is 2. The van der Waals surface area contributed by atoms with Crippen LogP contribution in [0.5, 0.6) is 0 Å². The monoisotopic (exact) mass is 502 g/mol. The molecule has 0 unspecified atom stereocenters. The van der Waals surface area contributed by atoms with E-state index in [1.54, 1.807) is 9.80 Å². The zero-order valence-corrected chi connectivity index (χ0v) is 21.3. The molecular weight excluding hydrogens is 468 g/mol. The Bertz CT molecular complexity index is 1080. The molecule has 0 spiro atoms. The Morgan fingerprint density at radius 3 is 1.65 bits per heavy atom. The van der Waals surface area contributed by atoms with Crippen molar-refractivity contribution in [1.82, 2.24) is 9.80 Å². The third-order valence-electron chi connectivity index (χ3n) is 6.74. The highest BCUT2D eigenvalue weighted by molar-refractivity contribution is 5.68. The maximum Gasteiger partial charge on any atom is 0.410 e. The average Bonchev–Trinajstić information content (AvgIpc) is 2.96. The van der Waals surface area contributed by atoms with Crippen LogP contribution in [0.4, 0.5) is 9.59 Å². The molecule has 0 bridgehead atoms. The van der Waals surface area contributed by atoms with Crippen LogP contribution in [0.2, 0.25) is 0 Å². The molecule has 194 valence electrons. The molecule has 8 nitrogen and oxygen atoms in total. The zero-order chi connectivity index (χ0) is 26.5. The lowest BCUT2D eigenvalue weighted by molar-refractivity contribution is 0.0764. The molecule has 0 N–H and O–H groups in total. The van der Waals surface area contributed by atoms with Crippen molar-refractivity contribution in [3.05, 3.63) is 71.8 Å². The maximum absolute atomic E-state index is 11.9. The fourth-order valence-corrected chi connectivity index (χ4v) is 4.11. The van der Waals surface area contributed by atoms with Crippen LogP contribution in [0.3, 0.4) is 0 Å². The largest absolute Gasteiger partial charge is 0.445 e. The molecule has 2 amide bonds. The van der Waals surface area contributed by atoms with Crippen LogP contribution < -0.4 is 0 Å². The maximum atomic E-state index is 11.9. The Morgan fingerprint density at radius 2 is 1.24 bits per heavy atom. The van der Waals surface area contributed by atoms with Crippen LogP contribution >= 0.6 is 0 Å². The molecule has 0 atom stereocenters. The first-order valence-electron chi connectivity index (χ1n) is 12.6. The molecular formula is C29H34N4O4. The van der Waals surface area contributed by atoms with Gasteiger partial charge < -0.3 is 19.3 Å². The van der Waals surface area contributed by atoms with Crippen LogP contribution in [-0.4, -0.2) is 48.2 Å². The predicted molar refractivity (Wildman–Crippen MR) is 138 cm³/mol. The number of likely N-dealkylation sites (tertiary alicyclic amines) is 2. The normalized spacial score (nSPS) is 16.8. The van der Waals surface area contributed by atoms with E-state index in [-0.39, 0.29) is 23.5 Å². The number of carbonyl (C=O) groups excluding carboxylic acids is 2. The van der Waals surface area contributed by atoms with Gasteiger partial charge in [0.05, 0.1) is 17.6 Å². The van der Waals surface area contributed by atoms with Crippen molar-refractivity contribution in [3.63, 3.8) is 0 Å². The second-order valence-corrected chi connectivity index (χ2v) is 9.63. The minimum absolute atomic E-state index is 0.0863. The van der Waals surface area contributed by atoms with E-state index in [2.05, 4.69) is 12.1 Å². The van der Waals surface area contributed by atoms with Crippen LogP contribution in [0.25, 0.3) is 0 Å². The molecule has 2 aromatic rings. The Morgan fingerprint density at radius 1 is 0.811 bits per heavy atom. The summed E-state index contributed by atoms with van der Waals surface area (Å²) in [6, 6.07) is 23.8. The highest BCUT2D eigenvalue weighted by Crippen LogP contribution is 2.30. The molecule has 0 radical (unpaired) electrons. The average molecular weight is 503 g/mol. The van der Waals surface area contributed by atoms with Crippen molar-refractivity contribution in [1.29, 1.82) is 10.5 Å². The first-order chi connectivity index (χ1) is 17.9. The van der Waals surface area contributed by atoms with E-state index in [0.29, 0.717) is 52.2 Å². The van der Waals surface area contributed by atoms with Gasteiger partial charge in [0, 0.05) is 32.1 Å². The summed E-state index contributed by atoms with van der Waals surface area (Å²) in [6.45, 7) is 4.97. The highest BCUT2D eigenvalue weighted by atomic mass is 16.6. The second kappa shape index (κ2) is 13.9. The molecule has 0 aromatic heterocycles. The van der Waals surface area contributed by atoms with E-state index < -0.39 is 0 Å². The summed E-state index contributed by atoms with van der Waals surface area (Å²) >= 11 is 0. The summed E-state index contributed by atoms with van der Waals surface area (Å²) in [5.41, 5.74) is 1.67. The number of hydrogen-bond donors (Lipinski definition) is 0. The number of benzene rings is 2. The Balaban J connectivity index is 0.000000206. The minimum Gasteiger partial charge on any atom is -0.445 e. The molecule has 2 aromatic carbocycles. The number of hydrogen-bond acceptors (Lipinski definition) is 6. The second-order valence-electron chi connectivity index (χ2n) is 9.63. The standard InChI is InChI=1S/C15H18N2O2.C14H16N2O2/c1-15(12-16)7-9-17(10-8-15)14(18)19-11-13-5-3-2-4-6-13;15-10-12-6-8-16(9-7-12)14(17)18-11-13-4-2-1-3-5-13/h2-6H,7-11H2,1H3;1-5,12H,6-9,11H2. The van der Waals surface area contributed by atoms with Gasteiger partial charge in [0.15, 0.2) is 0 Å². The summed E-state index contributed by atoms with van der Waals surface area (Å²) in [5.74, 6) is 0.0863. The van der Waals surface area contributed by atoms with Crippen LogP contribution in [-0.2, 0) is 22.7 Å². The minimum atomic E-state index is -0.295. The molecule has 0 aliphatic carbocycles. The molecule has 8 heteroatoms. The van der Waals surface area contributed by atoms with Crippen LogP contribution in [0.15, 0.2) is 60.7 Å². The summed E-state index contributed by atoms with van der Waals surface area (Å²) in [7, 11) is 0. The van der Waals surface area contributed by atoms with Gasteiger partial charge in [0.1, 0.15) is 13.2 Å². The van der Waals surface area contributed by atoms with E-state index >= 15 is 0 Å². The summed E-state index contributed by atoms with van der Waals surface area (Å²) in [5, 5.41) is 17.8. The summed E-state index contributed by atoms with van der Waals surface area (Å²) in [6.07, 6.45) is 2.35. The predicted octanol–water partition coefficient (Wildman–Crippen LogP) is 5.51. The first-order valence-corrected chi connectivity index (χ1v) is 12.6. The topological polar surface area (TPSA) is 107 Å². The smallest absolute Gasteiger partial charge is 0.410 e. The Hall–Kier alpha value is -4.04. The van der Waals surface area contributed by atoms with Gasteiger partial charge in [0.25, 0.3) is 0 Å². The van der Waals surface area contributed by atoms with Crippen molar-refractivity contribution in [2.45, 2.75) is 45.8 Å². The lowest BCUT2D eigenvalue weighted by atomic mass is 9.82. The van der Waals surface area contributed by atoms with Gasteiger partial charge in [-0.25, -0.2) is 9.59 Å². The number of rotatable bonds is 4. The molecule has 2 saturated heterocycles. The molecule has 2 heterocycles. The molecule has 37 heavy (non-hydrogen) atoms. The number of nitrogens with zero attached hydrogens (tertiary/aromatic N) is 4. The van der Waals surface area contributed by atoms with Gasteiger partial charge in [-0.1, -0.05) is 60.7 Å². The quantitative estimate of drug-likeness (QED) is 0.546. The summed E-state index contributed by atoms with van der Waals surface area (Å²) < 4.78 is 10.5. The lowest BCUT2D eigenvalue weighted by Gasteiger charge is -2.34. The van der Waals surface area contributed by atoms with E-state index in [1.165, 1.54) is 0 Å². The van der Waals surface area contributed by atoms with Gasteiger partial charge in [-0.3, -0.25) is 0 Å². The molecule has 4 rings (SSSR count). The fourth-order valence-electron chi connectivity index (χ4n) is 4.11. The van der Waals surface area contributed by atoms with Gasteiger partial charge >= 0.3 is 12.2 Å². The van der Waals surface area contributed by atoms with E-state index in [4.69, 9.17) is 20.0 Å². The van der Waals surface area contributed by atoms with Gasteiger partial charge in [-0.2, -0.15) is 10.5 Å². The van der Waals surface area contributed by atoms with Crippen molar-refractivity contribution >= 4 is 12.2 Å². The molecule has 2 aliphatic rings. The van der Waals surface area contributed by atoms with Crippen molar-refractivity contribution < 1.29 is 19.1 Å². The van der Waals surface area contributed by atoms with Gasteiger partial charge in [-0.05, 0) is 43.7 Å². The van der Waals surface area contributed by atoms with Crippen LogP contribution in [0.1, 0.15) is 43.7 Å². The Kier molecular flexibility index (Phi) is 10.3. The number of piperidine rings is 2. The highest BCUT2D eigenvalue weighted by Gasteiger charge is 2.32. The van der Waals surface area contributed by atoms with E-state index in [0.717, 1.165) is 24.0 Å². The number of ether oxygens (including phenoxy) is 2. The van der Waals surface area contributed by atoms with Crippen LogP contribution in [0, 0.1) is 34.0 Å². The first kappa shape index (κ1) is 27.5. The van der Waals surface area contributed by atoms with Crippen molar-refractivity contribution in [3.8, 4) is 12.1 Å². The van der Waals surface area contributed by atoms with E-state index in [9.17, 15) is 9.59 Å². The molecule has 0 saturated carbocycles. The van der Waals surface area contributed by atoms with Crippen molar-refractivity contribution in [2.24, 2.45) is 11.3 Å². The Labute approximate surface area is 219 Å². The van der Waals surface area contributed by atoms with Gasteiger partial charge in [-0.15, -0.1) is 0 Å². The lowest BCUT2D eigenvalue weighted by Crippen LogP contribution is -2.41. The fraction of sp³-hybridized carbons (Fsp3) is 0.448. The number of nitriles is 2. The van der Waals surface area contributed by atoms with Crippen molar-refractivity contribution in [2.75, 3.05) is 26.2 Å². The number of amides is 2. The zero-order valence-electron chi connectivity index (χ0n) is 21.3. The van der Waals surface area contributed by atoms with Gasteiger partial charge in [0.2, 0.25) is 0 Å². The van der Waals surface area contributed by atoms with E-state index in [1.807, 2.05) is 67.6 Å². The molecule has 2 aliphatic heterocycles. The third kappa shape index (κ3) is 8.84. The summed E-state index contributed by atoms with van der Waals surface area (Å²) in [4.78, 5) is 27.0. The third-order valence-corrected chi connectivity index (χ3v) is 6.74. The SMILES string of the molecule is CC1(C#N)CCN(C(=O)OCc2ccccc2)CC1.N#CC1CCN(C(=O)OCc2ccccc2)CC1.